The Morgan fingerprint density at radius 3 is 1.94 bits per heavy atom. The van der Waals surface area contributed by atoms with Crippen LogP contribution in [-0.2, 0) is 11.8 Å². The maximum atomic E-state index is 2.36. The van der Waals surface area contributed by atoms with Crippen molar-refractivity contribution < 1.29 is 0 Å². The lowest BCUT2D eigenvalue weighted by molar-refractivity contribution is 0.625. The Kier molecular flexibility index (Phi) is 4.82. The van der Waals surface area contributed by atoms with Crippen LogP contribution in [0.4, 0.5) is 0 Å². The molecule has 0 heteroatoms. The lowest BCUT2D eigenvalue weighted by Gasteiger charge is -2.35. The topological polar surface area (TPSA) is 0 Å². The van der Waals surface area contributed by atoms with E-state index in [0.29, 0.717) is 0 Å². The molecule has 0 saturated carbocycles. The summed E-state index contributed by atoms with van der Waals surface area (Å²) in [7, 11) is 0. The number of benzene rings is 3. The van der Waals surface area contributed by atoms with Crippen molar-refractivity contribution in [3.8, 4) is 11.1 Å². The highest BCUT2D eigenvalue weighted by atomic mass is 14.5. The lowest BCUT2D eigenvalue weighted by Crippen LogP contribution is -2.29. The third-order valence-corrected chi connectivity index (χ3v) is 6.80. The van der Waals surface area contributed by atoms with Gasteiger partial charge in [0.25, 0.3) is 0 Å². The smallest absolute Gasteiger partial charge is 0.0713 e. The fourth-order valence-corrected chi connectivity index (χ4v) is 5.30. The van der Waals surface area contributed by atoms with Gasteiger partial charge in [-0.25, -0.2) is 0 Å². The first kappa shape index (κ1) is 19.8. The van der Waals surface area contributed by atoms with E-state index in [1.165, 1.54) is 45.4 Å². The van der Waals surface area contributed by atoms with E-state index in [4.69, 9.17) is 0 Å². The van der Waals surface area contributed by atoms with E-state index in [0.717, 1.165) is 6.42 Å². The fourth-order valence-electron chi connectivity index (χ4n) is 5.30. The molecule has 5 rings (SSSR count). The molecule has 0 N–H and O–H groups in total. The monoisotopic (exact) mass is 402 g/mol. The summed E-state index contributed by atoms with van der Waals surface area (Å²) in [5.74, 6) is 0. The molecule has 0 fully saturated rings. The second-order valence-electron chi connectivity index (χ2n) is 9.42. The SMILES string of the molecule is CCCc1ccc(C2(C3=CC=CC(C)(C)C=C3)c3ccccc3-c3ccccc32)cc1. The van der Waals surface area contributed by atoms with Crippen molar-refractivity contribution in [3.63, 3.8) is 0 Å². The van der Waals surface area contributed by atoms with E-state index in [1.54, 1.807) is 0 Å². The molecule has 0 bridgehead atoms. The van der Waals surface area contributed by atoms with Crippen LogP contribution in [-0.4, -0.2) is 0 Å². The first-order valence-corrected chi connectivity index (χ1v) is 11.4. The molecule has 0 aliphatic heterocycles. The Hall–Kier alpha value is -3.12. The summed E-state index contributed by atoms with van der Waals surface area (Å²) in [5.41, 5.74) is 9.26. The molecule has 0 nitrogen and oxygen atoms in total. The molecule has 0 unspecified atom stereocenters. The number of fused-ring (bicyclic) bond motifs is 3. The molecule has 0 saturated heterocycles. The van der Waals surface area contributed by atoms with E-state index < -0.39 is 0 Å². The van der Waals surface area contributed by atoms with Crippen molar-refractivity contribution in [1.82, 2.24) is 0 Å². The third kappa shape index (κ3) is 3.13. The maximum absolute atomic E-state index is 2.36. The summed E-state index contributed by atoms with van der Waals surface area (Å²) in [4.78, 5) is 0. The molecular weight excluding hydrogens is 372 g/mol. The third-order valence-electron chi connectivity index (χ3n) is 6.80. The molecule has 3 aromatic carbocycles. The van der Waals surface area contributed by atoms with Crippen LogP contribution < -0.4 is 0 Å². The van der Waals surface area contributed by atoms with Gasteiger partial charge in [0.1, 0.15) is 0 Å². The standard InChI is InChI=1S/C31H30/c1-4-10-23-16-18-25(19-17-23)31(24-11-9-21-30(2,3)22-20-24)28-14-7-5-12-26(28)27-13-6-8-15-29(27)31/h5-9,11-22H,4,10H2,1-3H3. The largest absolute Gasteiger partial charge is 0.0751 e. The van der Waals surface area contributed by atoms with Crippen LogP contribution in [0.3, 0.4) is 0 Å². The summed E-state index contributed by atoms with van der Waals surface area (Å²) < 4.78 is 0. The maximum Gasteiger partial charge on any atom is 0.0713 e. The van der Waals surface area contributed by atoms with Gasteiger partial charge < -0.3 is 0 Å². The number of allylic oxidation sites excluding steroid dienone is 6. The van der Waals surface area contributed by atoms with Crippen molar-refractivity contribution in [3.05, 3.63) is 131 Å². The zero-order chi connectivity index (χ0) is 21.5. The van der Waals surface area contributed by atoms with Gasteiger partial charge in [-0.2, -0.15) is 0 Å². The van der Waals surface area contributed by atoms with Gasteiger partial charge in [-0.05, 0) is 45.4 Å². The quantitative estimate of drug-likeness (QED) is 0.414. The molecule has 3 aromatic rings. The van der Waals surface area contributed by atoms with Crippen LogP contribution >= 0.6 is 0 Å². The Labute approximate surface area is 186 Å². The van der Waals surface area contributed by atoms with Crippen LogP contribution in [0.25, 0.3) is 11.1 Å². The number of aryl methyl sites for hydroxylation is 1. The molecule has 0 heterocycles. The second-order valence-corrected chi connectivity index (χ2v) is 9.42. The van der Waals surface area contributed by atoms with Crippen LogP contribution in [0.2, 0.25) is 0 Å². The minimum atomic E-state index is -0.306. The molecule has 0 spiro atoms. The Bertz CT molecular complexity index is 1150. The van der Waals surface area contributed by atoms with Crippen LogP contribution in [0, 0.1) is 5.41 Å². The molecule has 31 heavy (non-hydrogen) atoms. The highest BCUT2D eigenvalue weighted by Gasteiger charge is 2.46. The van der Waals surface area contributed by atoms with Gasteiger partial charge in [-0.3, -0.25) is 0 Å². The van der Waals surface area contributed by atoms with Crippen molar-refractivity contribution in [2.75, 3.05) is 0 Å². The van der Waals surface area contributed by atoms with Crippen LogP contribution in [0.5, 0.6) is 0 Å². The molecule has 0 atom stereocenters. The Morgan fingerprint density at radius 2 is 1.32 bits per heavy atom. The van der Waals surface area contributed by atoms with E-state index >= 15 is 0 Å². The zero-order valence-corrected chi connectivity index (χ0v) is 18.7. The van der Waals surface area contributed by atoms with Gasteiger partial charge in [0.2, 0.25) is 0 Å². The normalized spacial score (nSPS) is 17.6. The number of hydrogen-bond donors (Lipinski definition) is 0. The average Bonchev–Trinajstić information content (AvgIpc) is 2.95. The van der Waals surface area contributed by atoms with Crippen molar-refractivity contribution >= 4 is 0 Å². The van der Waals surface area contributed by atoms with Crippen molar-refractivity contribution in [1.29, 1.82) is 0 Å². The summed E-state index contributed by atoms with van der Waals surface area (Å²) in [6.07, 6.45) is 13.9. The minimum Gasteiger partial charge on any atom is -0.0751 e. The zero-order valence-electron chi connectivity index (χ0n) is 18.7. The molecular formula is C31H30. The molecule has 0 radical (unpaired) electrons. The van der Waals surface area contributed by atoms with E-state index in [9.17, 15) is 0 Å². The highest BCUT2D eigenvalue weighted by Crippen LogP contribution is 2.56. The van der Waals surface area contributed by atoms with Crippen LogP contribution in [0.1, 0.15) is 49.4 Å². The van der Waals surface area contributed by atoms with Crippen molar-refractivity contribution in [2.45, 2.75) is 39.0 Å². The minimum absolute atomic E-state index is 0.0437. The second kappa shape index (κ2) is 7.54. The van der Waals surface area contributed by atoms with E-state index in [1.807, 2.05) is 0 Å². The average molecular weight is 403 g/mol. The Balaban J connectivity index is 1.84. The van der Waals surface area contributed by atoms with Crippen LogP contribution in [0.15, 0.2) is 109 Å². The molecule has 2 aliphatic carbocycles. The summed E-state index contributed by atoms with van der Waals surface area (Å²) in [5, 5.41) is 0. The van der Waals surface area contributed by atoms with Crippen molar-refractivity contribution in [2.24, 2.45) is 5.41 Å². The highest BCUT2D eigenvalue weighted by molar-refractivity contribution is 5.86. The summed E-state index contributed by atoms with van der Waals surface area (Å²) >= 11 is 0. The predicted octanol–water partition coefficient (Wildman–Crippen LogP) is 8.03. The predicted molar refractivity (Wildman–Crippen MR) is 132 cm³/mol. The van der Waals surface area contributed by atoms with Gasteiger partial charge in [0.05, 0.1) is 5.41 Å². The van der Waals surface area contributed by atoms with Gasteiger partial charge in [0, 0.05) is 5.41 Å². The Morgan fingerprint density at radius 1 is 0.710 bits per heavy atom. The number of rotatable bonds is 4. The van der Waals surface area contributed by atoms with E-state index in [-0.39, 0.29) is 10.8 Å². The molecule has 0 amide bonds. The van der Waals surface area contributed by atoms with E-state index in [2.05, 4.69) is 124 Å². The number of hydrogen-bond acceptors (Lipinski definition) is 0. The summed E-state index contributed by atoms with van der Waals surface area (Å²) in [6.45, 7) is 6.77. The van der Waals surface area contributed by atoms with Gasteiger partial charge in [0.15, 0.2) is 0 Å². The first-order chi connectivity index (χ1) is 15.1. The first-order valence-electron chi connectivity index (χ1n) is 11.4. The van der Waals surface area contributed by atoms with Gasteiger partial charge >= 0.3 is 0 Å². The van der Waals surface area contributed by atoms with Gasteiger partial charge in [-0.15, -0.1) is 0 Å². The fraction of sp³-hybridized carbons (Fsp3) is 0.226. The summed E-state index contributed by atoms with van der Waals surface area (Å²) in [6, 6.07) is 27.3. The molecule has 0 aromatic heterocycles. The van der Waals surface area contributed by atoms with Gasteiger partial charge in [-0.1, -0.05) is 130 Å². The lowest BCUT2D eigenvalue weighted by atomic mass is 9.66. The molecule has 2 aliphatic rings. The molecule has 154 valence electrons.